The van der Waals surface area contributed by atoms with Crippen molar-refractivity contribution in [2.75, 3.05) is 11.9 Å². The molecule has 0 radical (unpaired) electrons. The number of carbonyl (C=O) groups excluding carboxylic acids is 2. The van der Waals surface area contributed by atoms with Crippen LogP contribution in [0.5, 0.6) is 5.19 Å². The van der Waals surface area contributed by atoms with E-state index in [2.05, 4.69) is 33.2 Å². The number of likely N-dealkylation sites (tertiary alicyclic amines) is 1. The molecule has 2 amide bonds. The van der Waals surface area contributed by atoms with Crippen molar-refractivity contribution in [3.05, 3.63) is 52.5 Å². The molecule has 0 spiro atoms. The topological polar surface area (TPSA) is 135 Å². The predicted molar refractivity (Wildman–Crippen MR) is 176 cm³/mol. The van der Waals surface area contributed by atoms with Crippen molar-refractivity contribution in [2.24, 2.45) is 23.5 Å². The van der Waals surface area contributed by atoms with Crippen LogP contribution in [0.3, 0.4) is 0 Å². The first kappa shape index (κ1) is 34.9. The van der Waals surface area contributed by atoms with E-state index in [0.717, 1.165) is 58.9 Å². The fourth-order valence-corrected chi connectivity index (χ4v) is 7.85. The number of nitrogens with one attached hydrogen (secondary N) is 1. The SMILES string of the molecule is CC(CCCCCCC(Nc1cccc(C(F)(F)F)c1)C(=O)N1CC(Oc2nc3ccc(Br)cc3s2)C[C@H]1C(N)=O)[C@@H]1C[C@@H]1C(=O)O. The number of unbranched alkanes of at least 4 members (excludes halogenated alkanes) is 3. The summed E-state index contributed by atoms with van der Waals surface area (Å²) in [5.41, 5.74) is 5.79. The van der Waals surface area contributed by atoms with E-state index < -0.39 is 47.7 Å². The number of carbonyl (C=O) groups is 3. The van der Waals surface area contributed by atoms with Gasteiger partial charge in [-0.25, -0.2) is 4.98 Å². The molecule has 47 heavy (non-hydrogen) atoms. The minimum absolute atomic E-state index is 0.0726. The number of carboxylic acids is 1. The van der Waals surface area contributed by atoms with Gasteiger partial charge in [-0.3, -0.25) is 14.4 Å². The summed E-state index contributed by atoms with van der Waals surface area (Å²) in [5.74, 6) is -1.53. The number of primary amides is 1. The number of amides is 2. The number of thiazole rings is 1. The molecule has 2 heterocycles. The van der Waals surface area contributed by atoms with Crippen molar-refractivity contribution in [3.8, 4) is 5.19 Å². The Labute approximate surface area is 283 Å². The van der Waals surface area contributed by atoms with E-state index in [-0.39, 0.29) is 30.5 Å². The number of alkyl halides is 3. The van der Waals surface area contributed by atoms with Gasteiger partial charge in [-0.2, -0.15) is 13.2 Å². The van der Waals surface area contributed by atoms with Crippen LogP contribution in [0.2, 0.25) is 0 Å². The average molecular weight is 740 g/mol. The number of nitrogens with zero attached hydrogens (tertiary/aromatic N) is 2. The molecule has 3 aromatic rings. The lowest BCUT2D eigenvalue weighted by Gasteiger charge is -2.28. The van der Waals surface area contributed by atoms with Crippen molar-refractivity contribution in [1.29, 1.82) is 0 Å². The standard InChI is InChI=1S/C33H38BrF3N4O5S/c1-18(23-16-24(23)31(44)45)7-4-2-3-5-10-26(39-21-9-6-8-19(13-21)33(35,36)37)30(43)41-17-22(15-27(41)29(38)42)46-32-40-25-12-11-20(34)14-28(25)47-32/h6,8-9,11-14,18,22-24,26-27,39H,2-5,7,10,15-17H2,1H3,(H2,38,42)(H,44,45)/t18?,22?,23-,24-,26?,27-/m0/s1. The zero-order chi connectivity index (χ0) is 33.9. The molecule has 2 fully saturated rings. The molecule has 0 bridgehead atoms. The Balaban J connectivity index is 1.24. The molecule has 4 N–H and O–H groups in total. The lowest BCUT2D eigenvalue weighted by atomic mass is 9.96. The minimum Gasteiger partial charge on any atom is -0.481 e. The monoisotopic (exact) mass is 738 g/mol. The van der Waals surface area contributed by atoms with Crippen LogP contribution in [-0.4, -0.2) is 57.5 Å². The van der Waals surface area contributed by atoms with Crippen molar-refractivity contribution in [2.45, 2.75) is 82.7 Å². The van der Waals surface area contributed by atoms with E-state index in [1.807, 2.05) is 18.2 Å². The summed E-state index contributed by atoms with van der Waals surface area (Å²) in [6.45, 7) is 2.16. The number of hydrogen-bond donors (Lipinski definition) is 3. The minimum atomic E-state index is -4.55. The first-order valence-electron chi connectivity index (χ1n) is 15.8. The van der Waals surface area contributed by atoms with Crippen molar-refractivity contribution >= 4 is 61.0 Å². The van der Waals surface area contributed by atoms with E-state index in [4.69, 9.17) is 10.5 Å². The lowest BCUT2D eigenvalue weighted by Crippen LogP contribution is -2.49. The van der Waals surface area contributed by atoms with Crippen LogP contribution in [0.1, 0.15) is 63.9 Å². The van der Waals surface area contributed by atoms with E-state index >= 15 is 0 Å². The Morgan fingerprint density at radius 2 is 1.87 bits per heavy atom. The second-order valence-electron chi connectivity index (χ2n) is 12.6. The highest BCUT2D eigenvalue weighted by molar-refractivity contribution is 9.10. The molecule has 5 rings (SSSR count). The number of halogens is 4. The van der Waals surface area contributed by atoms with Gasteiger partial charge in [0.15, 0.2) is 0 Å². The van der Waals surface area contributed by atoms with E-state index in [0.29, 0.717) is 24.0 Å². The van der Waals surface area contributed by atoms with E-state index in [1.165, 1.54) is 28.4 Å². The van der Waals surface area contributed by atoms with Gasteiger partial charge in [0.1, 0.15) is 18.2 Å². The van der Waals surface area contributed by atoms with Gasteiger partial charge >= 0.3 is 12.1 Å². The zero-order valence-electron chi connectivity index (χ0n) is 25.8. The highest BCUT2D eigenvalue weighted by Crippen LogP contribution is 2.46. The maximum atomic E-state index is 14.0. The van der Waals surface area contributed by atoms with E-state index in [9.17, 15) is 32.7 Å². The van der Waals surface area contributed by atoms with Gasteiger partial charge in [-0.05, 0) is 61.1 Å². The van der Waals surface area contributed by atoms with Crippen LogP contribution in [0.25, 0.3) is 10.2 Å². The van der Waals surface area contributed by atoms with Crippen LogP contribution >= 0.6 is 27.3 Å². The molecule has 2 aliphatic rings. The third-order valence-corrected chi connectivity index (χ3v) is 10.5. The number of ether oxygens (including phenoxy) is 1. The Morgan fingerprint density at radius 3 is 2.55 bits per heavy atom. The number of fused-ring (bicyclic) bond motifs is 1. The molecule has 6 atom stereocenters. The largest absolute Gasteiger partial charge is 0.481 e. The van der Waals surface area contributed by atoms with Gasteiger partial charge in [-0.15, -0.1) is 0 Å². The second kappa shape index (κ2) is 14.8. The Bertz CT molecular complexity index is 1600. The first-order valence-corrected chi connectivity index (χ1v) is 17.4. The summed E-state index contributed by atoms with van der Waals surface area (Å²) >= 11 is 4.78. The van der Waals surface area contributed by atoms with Crippen molar-refractivity contribution in [3.63, 3.8) is 0 Å². The zero-order valence-corrected chi connectivity index (χ0v) is 28.2. The van der Waals surface area contributed by atoms with Crippen LogP contribution < -0.4 is 15.8 Å². The van der Waals surface area contributed by atoms with Crippen LogP contribution in [0.4, 0.5) is 18.9 Å². The maximum absolute atomic E-state index is 14.0. The number of aliphatic carboxylic acids is 1. The fourth-order valence-electron chi connectivity index (χ4n) is 6.42. The predicted octanol–water partition coefficient (Wildman–Crippen LogP) is 7.09. The molecule has 14 heteroatoms. The molecule has 1 saturated carbocycles. The van der Waals surface area contributed by atoms with Gasteiger partial charge in [0, 0.05) is 16.6 Å². The maximum Gasteiger partial charge on any atom is 0.416 e. The summed E-state index contributed by atoms with van der Waals surface area (Å²) in [5, 5.41) is 12.6. The number of anilines is 1. The number of nitrogens with two attached hydrogens (primary N) is 1. The van der Waals surface area contributed by atoms with Crippen molar-refractivity contribution < 1.29 is 37.4 Å². The highest BCUT2D eigenvalue weighted by Gasteiger charge is 2.46. The van der Waals surface area contributed by atoms with Gasteiger partial charge in [0.25, 0.3) is 5.19 Å². The van der Waals surface area contributed by atoms with Crippen LogP contribution in [0, 0.1) is 17.8 Å². The number of carboxylic acid groups (broad SMARTS) is 1. The summed E-state index contributed by atoms with van der Waals surface area (Å²) in [7, 11) is 0. The number of rotatable bonds is 15. The summed E-state index contributed by atoms with van der Waals surface area (Å²) < 4.78 is 48.3. The van der Waals surface area contributed by atoms with Crippen molar-refractivity contribution in [1.82, 2.24) is 9.88 Å². The molecule has 1 aromatic heterocycles. The van der Waals surface area contributed by atoms with E-state index in [1.54, 1.807) is 0 Å². The summed E-state index contributed by atoms with van der Waals surface area (Å²) in [6, 6.07) is 8.49. The molecule has 1 saturated heterocycles. The Kier molecular flexibility index (Phi) is 11.0. The average Bonchev–Trinajstić information content (AvgIpc) is 3.57. The van der Waals surface area contributed by atoms with Crippen LogP contribution in [0.15, 0.2) is 46.9 Å². The molecule has 1 aliphatic heterocycles. The number of benzene rings is 2. The van der Waals surface area contributed by atoms with Gasteiger partial charge in [0.05, 0.1) is 28.2 Å². The molecular formula is C33H38BrF3N4O5S. The molecule has 3 unspecified atom stereocenters. The number of hydrogen-bond acceptors (Lipinski definition) is 7. The Hall–Kier alpha value is -3.39. The highest BCUT2D eigenvalue weighted by atomic mass is 79.9. The van der Waals surface area contributed by atoms with Crippen LogP contribution in [-0.2, 0) is 20.6 Å². The normalized spacial score (nSPS) is 22.2. The fraction of sp³-hybridized carbons (Fsp3) is 0.515. The summed E-state index contributed by atoms with van der Waals surface area (Å²) in [6.07, 6.45) is 0.239. The third-order valence-electron chi connectivity index (χ3n) is 9.09. The smallest absolute Gasteiger partial charge is 0.416 e. The third kappa shape index (κ3) is 8.95. The van der Waals surface area contributed by atoms with Gasteiger partial charge in [0.2, 0.25) is 11.8 Å². The molecule has 254 valence electrons. The molecular weight excluding hydrogens is 701 g/mol. The first-order chi connectivity index (χ1) is 22.3. The summed E-state index contributed by atoms with van der Waals surface area (Å²) in [4.78, 5) is 43.6. The number of aromatic nitrogens is 1. The Morgan fingerprint density at radius 1 is 1.13 bits per heavy atom. The lowest BCUT2D eigenvalue weighted by molar-refractivity contribution is -0.139. The molecule has 2 aromatic carbocycles. The molecule has 9 nitrogen and oxygen atoms in total. The quantitative estimate of drug-likeness (QED) is 0.142. The van der Waals surface area contributed by atoms with Gasteiger partial charge in [-0.1, -0.05) is 72.4 Å². The molecule has 1 aliphatic carbocycles. The second-order valence-corrected chi connectivity index (χ2v) is 14.5. The van der Waals surface area contributed by atoms with Gasteiger partial charge < -0.3 is 25.8 Å².